The molecule has 0 aromatic heterocycles. The summed E-state index contributed by atoms with van der Waals surface area (Å²) in [4.78, 5) is 11.3. The van der Waals surface area contributed by atoms with Crippen molar-refractivity contribution in [3.8, 4) is 0 Å². The Balaban J connectivity index is 1.96. The average Bonchev–Trinajstić information content (AvgIpc) is 2.85. The summed E-state index contributed by atoms with van der Waals surface area (Å²) in [7, 11) is 0. The molecule has 2 bridgehead atoms. The molecule has 2 aliphatic carbocycles. The first-order valence-electron chi connectivity index (χ1n) is 6.61. The molecule has 5 unspecified atom stereocenters. The monoisotopic (exact) mass is 238 g/mol. The highest BCUT2D eigenvalue weighted by molar-refractivity contribution is 5.81. The third-order valence-electron chi connectivity index (χ3n) is 4.69. The number of ether oxygens (including phenoxy) is 1. The Morgan fingerprint density at radius 1 is 1.53 bits per heavy atom. The van der Waals surface area contributed by atoms with Crippen LogP contribution in [0, 0.1) is 23.7 Å². The van der Waals surface area contributed by atoms with E-state index in [9.17, 15) is 4.79 Å². The summed E-state index contributed by atoms with van der Waals surface area (Å²) in [5.41, 5.74) is 0. The molecule has 2 rings (SSSR count). The van der Waals surface area contributed by atoms with Gasteiger partial charge in [0.25, 0.3) is 0 Å². The van der Waals surface area contributed by atoms with Gasteiger partial charge >= 0.3 is 5.97 Å². The van der Waals surface area contributed by atoms with Crippen LogP contribution in [0.4, 0.5) is 0 Å². The molecular formula is C14H22O3. The molecule has 0 aromatic carbocycles. The molecule has 96 valence electrons. The molecule has 17 heavy (non-hydrogen) atoms. The van der Waals surface area contributed by atoms with E-state index in [1.54, 1.807) is 0 Å². The van der Waals surface area contributed by atoms with E-state index in [1.165, 1.54) is 12.5 Å². The molecule has 3 heteroatoms. The Morgan fingerprint density at radius 3 is 2.88 bits per heavy atom. The number of fused-ring (bicyclic) bond motifs is 2. The van der Waals surface area contributed by atoms with Crippen molar-refractivity contribution < 1.29 is 14.6 Å². The van der Waals surface area contributed by atoms with Crippen molar-refractivity contribution in [1.29, 1.82) is 0 Å². The van der Waals surface area contributed by atoms with E-state index in [0.717, 1.165) is 19.3 Å². The van der Waals surface area contributed by atoms with Crippen LogP contribution >= 0.6 is 0 Å². The number of hydrogen-bond acceptors (Lipinski definition) is 3. The maximum Gasteiger partial charge on any atom is 0.330 e. The highest BCUT2D eigenvalue weighted by atomic mass is 16.5. The molecule has 2 aliphatic rings. The topological polar surface area (TPSA) is 46.5 Å². The zero-order valence-electron chi connectivity index (χ0n) is 10.5. The van der Waals surface area contributed by atoms with E-state index in [4.69, 9.17) is 9.84 Å². The Kier molecular flexibility index (Phi) is 3.87. The second-order valence-corrected chi connectivity index (χ2v) is 5.46. The first-order chi connectivity index (χ1) is 8.17. The second-order valence-electron chi connectivity index (χ2n) is 5.46. The number of aliphatic hydroxyl groups is 1. The van der Waals surface area contributed by atoms with Gasteiger partial charge in [-0.3, -0.25) is 0 Å². The minimum Gasteiger partial charge on any atom is -0.459 e. The first kappa shape index (κ1) is 12.6. The number of carbonyl (C=O) groups excluding carboxylic acids is 1. The van der Waals surface area contributed by atoms with Crippen molar-refractivity contribution in [2.45, 2.75) is 38.7 Å². The molecule has 1 N–H and O–H groups in total. The van der Waals surface area contributed by atoms with Gasteiger partial charge in [-0.1, -0.05) is 13.5 Å². The summed E-state index contributed by atoms with van der Waals surface area (Å²) in [5, 5.41) is 8.93. The van der Waals surface area contributed by atoms with Crippen molar-refractivity contribution >= 4 is 5.97 Å². The molecule has 0 heterocycles. The van der Waals surface area contributed by atoms with Gasteiger partial charge in [-0.05, 0) is 49.4 Å². The third-order valence-corrected chi connectivity index (χ3v) is 4.69. The van der Waals surface area contributed by atoms with Crippen LogP contribution in [-0.2, 0) is 9.53 Å². The van der Waals surface area contributed by atoms with Gasteiger partial charge in [0, 0.05) is 12.7 Å². The SMILES string of the molecule is C=CC(=O)OC1CC2CC1C(CCCO)C2C. The Labute approximate surface area is 103 Å². The lowest BCUT2D eigenvalue weighted by molar-refractivity contribution is -0.147. The maximum absolute atomic E-state index is 11.3. The van der Waals surface area contributed by atoms with Crippen LogP contribution in [0.3, 0.4) is 0 Å². The third kappa shape index (κ3) is 2.39. The molecule has 2 saturated carbocycles. The van der Waals surface area contributed by atoms with Crippen LogP contribution in [0.1, 0.15) is 32.6 Å². The van der Waals surface area contributed by atoms with Gasteiger partial charge in [0.05, 0.1) is 0 Å². The van der Waals surface area contributed by atoms with Gasteiger partial charge in [0.2, 0.25) is 0 Å². The molecule has 0 aromatic rings. The molecule has 0 amide bonds. The standard InChI is InChI=1S/C14H22O3/c1-3-14(16)17-13-8-10-7-12(13)11(9(10)2)5-4-6-15/h3,9-13,15H,1,4-8H2,2H3. The minimum absolute atomic E-state index is 0.0883. The molecular weight excluding hydrogens is 216 g/mol. The Morgan fingerprint density at radius 2 is 2.29 bits per heavy atom. The van der Waals surface area contributed by atoms with Gasteiger partial charge in [0.1, 0.15) is 6.10 Å². The summed E-state index contributed by atoms with van der Waals surface area (Å²) < 4.78 is 5.43. The van der Waals surface area contributed by atoms with Gasteiger partial charge in [-0.25, -0.2) is 4.79 Å². The first-order valence-corrected chi connectivity index (χ1v) is 6.61. The van der Waals surface area contributed by atoms with E-state index in [1.807, 2.05) is 0 Å². The highest BCUT2D eigenvalue weighted by Crippen LogP contribution is 2.54. The number of esters is 1. The summed E-state index contributed by atoms with van der Waals surface area (Å²) in [6.07, 6.45) is 5.46. The van der Waals surface area contributed by atoms with E-state index in [-0.39, 0.29) is 18.7 Å². The summed E-state index contributed by atoms with van der Waals surface area (Å²) >= 11 is 0. The zero-order valence-corrected chi connectivity index (χ0v) is 10.5. The number of hydrogen-bond donors (Lipinski definition) is 1. The molecule has 0 saturated heterocycles. The van der Waals surface area contributed by atoms with E-state index >= 15 is 0 Å². The fourth-order valence-corrected chi connectivity index (χ4v) is 3.83. The molecule has 0 spiro atoms. The molecule has 0 aliphatic heterocycles. The van der Waals surface area contributed by atoms with Crippen molar-refractivity contribution in [3.63, 3.8) is 0 Å². The van der Waals surface area contributed by atoms with Crippen molar-refractivity contribution in [1.82, 2.24) is 0 Å². The predicted octanol–water partition coefficient (Wildman–Crippen LogP) is 2.15. The molecule has 5 atom stereocenters. The predicted molar refractivity (Wildman–Crippen MR) is 65.3 cm³/mol. The summed E-state index contributed by atoms with van der Waals surface area (Å²) in [6.45, 7) is 6.01. The molecule has 0 radical (unpaired) electrons. The maximum atomic E-state index is 11.3. The summed E-state index contributed by atoms with van der Waals surface area (Å²) in [6, 6.07) is 0. The fraction of sp³-hybridized carbons (Fsp3) is 0.786. The van der Waals surface area contributed by atoms with Gasteiger partial charge in [-0.15, -0.1) is 0 Å². The van der Waals surface area contributed by atoms with E-state index in [2.05, 4.69) is 13.5 Å². The average molecular weight is 238 g/mol. The Bertz CT molecular complexity index is 300. The van der Waals surface area contributed by atoms with Crippen molar-refractivity contribution in [2.24, 2.45) is 23.7 Å². The van der Waals surface area contributed by atoms with Crippen LogP contribution in [-0.4, -0.2) is 23.8 Å². The minimum atomic E-state index is -0.295. The zero-order chi connectivity index (χ0) is 12.4. The number of rotatable bonds is 5. The number of carbonyl (C=O) groups is 1. The lowest BCUT2D eigenvalue weighted by Crippen LogP contribution is -2.33. The summed E-state index contributed by atoms with van der Waals surface area (Å²) in [5.74, 6) is 2.24. The fourth-order valence-electron chi connectivity index (χ4n) is 3.83. The molecule has 3 nitrogen and oxygen atoms in total. The smallest absolute Gasteiger partial charge is 0.330 e. The van der Waals surface area contributed by atoms with Crippen LogP contribution in [0.2, 0.25) is 0 Å². The van der Waals surface area contributed by atoms with Crippen LogP contribution in [0.15, 0.2) is 12.7 Å². The second kappa shape index (κ2) is 5.21. The normalized spacial score (nSPS) is 39.3. The van der Waals surface area contributed by atoms with Crippen molar-refractivity contribution in [2.75, 3.05) is 6.61 Å². The van der Waals surface area contributed by atoms with E-state index in [0.29, 0.717) is 23.7 Å². The van der Waals surface area contributed by atoms with Gasteiger partial charge < -0.3 is 9.84 Å². The Hall–Kier alpha value is -0.830. The van der Waals surface area contributed by atoms with Crippen LogP contribution in [0.5, 0.6) is 0 Å². The van der Waals surface area contributed by atoms with Crippen LogP contribution < -0.4 is 0 Å². The lowest BCUT2D eigenvalue weighted by Gasteiger charge is -2.33. The molecule has 2 fully saturated rings. The lowest BCUT2D eigenvalue weighted by atomic mass is 9.76. The van der Waals surface area contributed by atoms with E-state index < -0.39 is 0 Å². The highest BCUT2D eigenvalue weighted by Gasteiger charge is 2.51. The van der Waals surface area contributed by atoms with Gasteiger partial charge in [-0.2, -0.15) is 0 Å². The van der Waals surface area contributed by atoms with Gasteiger partial charge in [0.15, 0.2) is 0 Å². The quantitative estimate of drug-likeness (QED) is 0.589. The largest absolute Gasteiger partial charge is 0.459 e. The number of aliphatic hydroxyl groups excluding tert-OH is 1. The van der Waals surface area contributed by atoms with Crippen LogP contribution in [0.25, 0.3) is 0 Å². The van der Waals surface area contributed by atoms with Crippen molar-refractivity contribution in [3.05, 3.63) is 12.7 Å².